The summed E-state index contributed by atoms with van der Waals surface area (Å²) in [5, 5.41) is 0. The van der Waals surface area contributed by atoms with Crippen molar-refractivity contribution in [1.29, 1.82) is 0 Å². The van der Waals surface area contributed by atoms with Crippen molar-refractivity contribution in [3.05, 3.63) is 0 Å². The van der Waals surface area contributed by atoms with Crippen LogP contribution < -0.4 is 0 Å². The molecule has 0 spiro atoms. The van der Waals surface area contributed by atoms with Gasteiger partial charge in [-0.15, -0.1) is 0 Å². The molecule has 0 amide bonds. The zero-order chi connectivity index (χ0) is 5.45. The molecule has 0 atom stereocenters. The van der Waals surface area contributed by atoms with E-state index >= 15 is 0 Å². The average Bonchev–Trinajstić information content (AvgIpc) is 0.650. The Morgan fingerprint density at radius 1 is 0.667 bits per heavy atom. The molecule has 5 nitrogen and oxygen atoms in total. The standard InChI is InChI=1S/Co.5O. The first-order chi connectivity index (χ1) is 2.24. The van der Waals surface area contributed by atoms with Crippen molar-refractivity contribution in [1.82, 2.24) is 0 Å². The fourth-order valence-corrected chi connectivity index (χ4v) is 0. The van der Waals surface area contributed by atoms with Crippen molar-refractivity contribution >= 4 is 0 Å². The predicted molar refractivity (Wildman–Crippen MR) is 3.43 cm³/mol. The van der Waals surface area contributed by atoms with Crippen LogP contribution in [0.1, 0.15) is 0 Å². The summed E-state index contributed by atoms with van der Waals surface area (Å²) in [6.45, 7) is 0. The van der Waals surface area contributed by atoms with E-state index in [9.17, 15) is 0 Å². The minimum atomic E-state index is -7.29. The van der Waals surface area contributed by atoms with Gasteiger partial charge in [-0.1, -0.05) is 0 Å². The predicted octanol–water partition coefficient (Wildman–Crippen LogP) is -0.597. The Balaban J connectivity index is 7.45. The average molecular weight is 139 g/mol. The fourth-order valence-electron chi connectivity index (χ4n) is 0. The Kier molecular flexibility index (Phi) is 0.563. The first-order valence-electron chi connectivity index (χ1n) is 0.680. The van der Waals surface area contributed by atoms with Crippen molar-refractivity contribution in [3.8, 4) is 0 Å². The molecule has 0 bridgehead atoms. The van der Waals surface area contributed by atoms with Crippen LogP contribution in [-0.4, -0.2) is 0 Å². The van der Waals surface area contributed by atoms with Crippen LogP contribution in [0.15, 0.2) is 0 Å². The summed E-state index contributed by atoms with van der Waals surface area (Å²) in [7, 11) is 0. The van der Waals surface area contributed by atoms with Crippen molar-refractivity contribution in [3.63, 3.8) is 0 Å². The van der Waals surface area contributed by atoms with Crippen LogP contribution in [-0.2, 0) is 30.6 Å². The van der Waals surface area contributed by atoms with Gasteiger partial charge in [-0.3, -0.25) is 0 Å². The van der Waals surface area contributed by atoms with Crippen molar-refractivity contribution in [2.24, 2.45) is 0 Å². The number of hydrogen-bond donors (Lipinski definition) is 0. The minimum absolute atomic E-state index is 7.29. The maximum atomic E-state index is 8.59. The molecule has 0 heterocycles. The molecule has 0 unspecified atom stereocenters. The first-order valence-corrected chi connectivity index (χ1v) is 2.81. The Labute approximate surface area is 31.5 Å². The summed E-state index contributed by atoms with van der Waals surface area (Å²) >= 11 is -7.29. The van der Waals surface area contributed by atoms with E-state index in [1.165, 1.54) is 0 Å². The van der Waals surface area contributed by atoms with Crippen LogP contribution in [0.3, 0.4) is 0 Å². The van der Waals surface area contributed by atoms with Crippen LogP contribution in [0.25, 0.3) is 0 Å². The quantitative estimate of drug-likeness (QED) is 0.447. The molecule has 6 heavy (non-hydrogen) atoms. The van der Waals surface area contributed by atoms with Gasteiger partial charge >= 0.3 is 30.6 Å². The Bertz CT molecular complexity index is 274. The Morgan fingerprint density at radius 3 is 0.667 bits per heavy atom. The van der Waals surface area contributed by atoms with E-state index < -0.39 is 11.2 Å². The Morgan fingerprint density at radius 2 is 0.667 bits per heavy atom. The molecule has 0 N–H and O–H groups in total. The molecule has 0 aromatic heterocycles. The van der Waals surface area contributed by atoms with Crippen LogP contribution in [0.4, 0.5) is 0 Å². The van der Waals surface area contributed by atoms with Gasteiger partial charge in [0.25, 0.3) is 0 Å². The van der Waals surface area contributed by atoms with Gasteiger partial charge in [0.15, 0.2) is 0 Å². The van der Waals surface area contributed by atoms with Crippen molar-refractivity contribution in [2.75, 3.05) is 0 Å². The Hall–Kier alpha value is -0.494. The molecule has 0 saturated heterocycles. The molecule has 0 aliphatic carbocycles. The molecular formula is CoO5. The summed E-state index contributed by atoms with van der Waals surface area (Å²) in [6.07, 6.45) is 0. The second-order valence-corrected chi connectivity index (χ2v) is 2.29. The van der Waals surface area contributed by atoms with Gasteiger partial charge in [0, 0.05) is 0 Å². The second-order valence-electron chi connectivity index (χ2n) is 0.556. The topological polar surface area (TPSA) is 85.3 Å². The van der Waals surface area contributed by atoms with Gasteiger partial charge in [0.1, 0.15) is 0 Å². The van der Waals surface area contributed by atoms with Crippen LogP contribution in [0, 0.1) is 0 Å². The van der Waals surface area contributed by atoms with Crippen LogP contribution in [0.2, 0.25) is 0 Å². The SMILES string of the molecule is [O]=[Co](=[O])(=[O])(=[O])=[O]. The van der Waals surface area contributed by atoms with Crippen molar-refractivity contribution in [2.45, 2.75) is 0 Å². The van der Waals surface area contributed by atoms with E-state index in [-0.39, 0.29) is 0 Å². The van der Waals surface area contributed by atoms with Gasteiger partial charge in [-0.05, 0) is 0 Å². The van der Waals surface area contributed by atoms with Gasteiger partial charge < -0.3 is 0 Å². The van der Waals surface area contributed by atoms with E-state index in [0.29, 0.717) is 0 Å². The molecule has 0 saturated carbocycles. The first kappa shape index (κ1) is 5.51. The molecule has 6 heteroatoms. The number of hydrogen-bond acceptors (Lipinski definition) is 5. The molecule has 0 aliphatic rings. The van der Waals surface area contributed by atoms with E-state index in [4.69, 9.17) is 19.3 Å². The molecule has 0 radical (unpaired) electrons. The third kappa shape index (κ3) is 90.5. The molecule has 0 aromatic rings. The third-order valence-electron chi connectivity index (χ3n) is 0. The van der Waals surface area contributed by atoms with Gasteiger partial charge in [-0.2, -0.15) is 0 Å². The zero-order valence-corrected chi connectivity index (χ0v) is 3.42. The van der Waals surface area contributed by atoms with Crippen molar-refractivity contribution < 1.29 is 30.6 Å². The summed E-state index contributed by atoms with van der Waals surface area (Å²) in [5.74, 6) is 0. The molecule has 0 aromatic carbocycles. The summed E-state index contributed by atoms with van der Waals surface area (Å²) < 4.78 is 42.9. The molecule has 39 valence electrons. The molecule has 0 fully saturated rings. The van der Waals surface area contributed by atoms with E-state index in [2.05, 4.69) is 0 Å². The summed E-state index contributed by atoms with van der Waals surface area (Å²) in [4.78, 5) is 0. The van der Waals surface area contributed by atoms with Crippen LogP contribution in [0.5, 0.6) is 0 Å². The van der Waals surface area contributed by atoms with E-state index in [0.717, 1.165) is 0 Å². The molecule has 0 aliphatic heterocycles. The normalized spacial score (nSPS) is 18.3. The van der Waals surface area contributed by atoms with Gasteiger partial charge in [0.05, 0.1) is 0 Å². The second kappa shape index (κ2) is 0.613. The van der Waals surface area contributed by atoms with E-state index in [1.54, 1.807) is 0 Å². The van der Waals surface area contributed by atoms with Gasteiger partial charge in [-0.25, -0.2) is 0 Å². The maximum absolute atomic E-state index is 8.59. The molecular weight excluding hydrogens is 139 g/mol. The van der Waals surface area contributed by atoms with E-state index in [1.807, 2.05) is 0 Å². The zero-order valence-electron chi connectivity index (χ0n) is 2.37. The fraction of sp³-hybridized carbons (Fsp3) is 0. The van der Waals surface area contributed by atoms with Gasteiger partial charge in [0.2, 0.25) is 0 Å². The monoisotopic (exact) mass is 139 g/mol. The number of rotatable bonds is 0. The summed E-state index contributed by atoms with van der Waals surface area (Å²) in [5.41, 5.74) is 0. The van der Waals surface area contributed by atoms with Crippen LogP contribution >= 0.6 is 0 Å². The summed E-state index contributed by atoms with van der Waals surface area (Å²) in [6, 6.07) is 0. The molecule has 0 rings (SSSR count). The third-order valence-corrected chi connectivity index (χ3v) is 0.